The summed E-state index contributed by atoms with van der Waals surface area (Å²) in [5, 5.41) is 5.47. The molecule has 0 unspecified atom stereocenters. The smallest absolute Gasteiger partial charge is 0.325 e. The summed E-state index contributed by atoms with van der Waals surface area (Å²) < 4.78 is 13.2. The van der Waals surface area contributed by atoms with Crippen LogP contribution in [0.4, 0.5) is 9.18 Å². The quantitative estimate of drug-likeness (QED) is 0.774. The molecule has 0 saturated carbocycles. The Morgan fingerprint density at radius 3 is 2.36 bits per heavy atom. The zero-order valence-corrected chi connectivity index (χ0v) is 15.0. The second-order valence-electron chi connectivity index (χ2n) is 6.87. The molecule has 1 aliphatic heterocycles. The molecule has 0 aliphatic carbocycles. The standard InChI is InChI=1S/C18H24FN3O3/c1-5-17(3,4)20-14(23)11-22-15(24)18(6-2,21-16(22)25)12-7-9-13(19)10-8-12/h7-10H,5-6,11H2,1-4H3,(H,20,23)(H,21,25)/t18-/m0/s1. The molecule has 1 aromatic carbocycles. The van der Waals surface area contributed by atoms with Crippen LogP contribution in [0.5, 0.6) is 0 Å². The van der Waals surface area contributed by atoms with E-state index in [-0.39, 0.29) is 6.54 Å². The van der Waals surface area contributed by atoms with Crippen molar-refractivity contribution < 1.29 is 18.8 Å². The van der Waals surface area contributed by atoms with E-state index in [2.05, 4.69) is 10.6 Å². The molecule has 0 radical (unpaired) electrons. The van der Waals surface area contributed by atoms with Crippen LogP contribution in [0, 0.1) is 5.82 Å². The minimum absolute atomic E-state index is 0.293. The molecule has 4 amide bonds. The summed E-state index contributed by atoms with van der Waals surface area (Å²) in [6.45, 7) is 7.07. The number of carbonyl (C=O) groups is 3. The summed E-state index contributed by atoms with van der Waals surface area (Å²) >= 11 is 0. The van der Waals surface area contributed by atoms with E-state index < -0.39 is 34.7 Å². The number of hydrogen-bond acceptors (Lipinski definition) is 3. The molecule has 1 fully saturated rings. The van der Waals surface area contributed by atoms with E-state index in [4.69, 9.17) is 0 Å². The van der Waals surface area contributed by atoms with Gasteiger partial charge in [-0.05, 0) is 44.4 Å². The molecular weight excluding hydrogens is 325 g/mol. The monoisotopic (exact) mass is 349 g/mol. The van der Waals surface area contributed by atoms with Crippen LogP contribution < -0.4 is 10.6 Å². The van der Waals surface area contributed by atoms with Crippen molar-refractivity contribution in [2.75, 3.05) is 6.54 Å². The van der Waals surface area contributed by atoms with Crippen molar-refractivity contribution in [3.05, 3.63) is 35.6 Å². The van der Waals surface area contributed by atoms with Gasteiger partial charge in [-0.2, -0.15) is 0 Å². The fourth-order valence-corrected chi connectivity index (χ4v) is 2.79. The summed E-state index contributed by atoms with van der Waals surface area (Å²) in [4.78, 5) is 38.3. The Kier molecular flexibility index (Phi) is 5.15. The molecule has 1 atom stereocenters. The lowest BCUT2D eigenvalue weighted by Gasteiger charge is -2.27. The van der Waals surface area contributed by atoms with Gasteiger partial charge in [-0.25, -0.2) is 9.18 Å². The molecule has 1 aliphatic rings. The first kappa shape index (κ1) is 18.9. The maximum Gasteiger partial charge on any atom is 0.325 e. The third-order valence-electron chi connectivity index (χ3n) is 4.71. The molecule has 2 N–H and O–H groups in total. The first-order valence-corrected chi connectivity index (χ1v) is 8.36. The SMILES string of the molecule is CCC(C)(C)NC(=O)CN1C(=O)N[C@@](CC)(c2ccc(F)cc2)C1=O. The number of rotatable bonds is 6. The zero-order chi connectivity index (χ0) is 18.8. The lowest BCUT2D eigenvalue weighted by atomic mass is 9.87. The molecular formula is C18H24FN3O3. The Bertz CT molecular complexity index is 687. The van der Waals surface area contributed by atoms with E-state index in [1.807, 2.05) is 20.8 Å². The van der Waals surface area contributed by atoms with Crippen LogP contribution in [-0.2, 0) is 15.1 Å². The van der Waals surface area contributed by atoms with E-state index >= 15 is 0 Å². The Balaban J connectivity index is 2.23. The highest BCUT2D eigenvalue weighted by atomic mass is 19.1. The van der Waals surface area contributed by atoms with Crippen LogP contribution in [0.2, 0.25) is 0 Å². The van der Waals surface area contributed by atoms with Crippen LogP contribution in [0.25, 0.3) is 0 Å². The molecule has 2 rings (SSSR count). The van der Waals surface area contributed by atoms with Gasteiger partial charge in [0.15, 0.2) is 0 Å². The maximum atomic E-state index is 13.2. The third kappa shape index (κ3) is 3.65. The highest BCUT2D eigenvalue weighted by Gasteiger charge is 2.51. The van der Waals surface area contributed by atoms with Crippen molar-refractivity contribution in [2.24, 2.45) is 0 Å². The normalized spacial score (nSPS) is 20.6. The summed E-state index contributed by atoms with van der Waals surface area (Å²) in [5.74, 6) is -1.33. The van der Waals surface area contributed by atoms with Gasteiger partial charge in [0, 0.05) is 5.54 Å². The molecule has 1 aromatic rings. The number of nitrogens with one attached hydrogen (secondary N) is 2. The Morgan fingerprint density at radius 2 is 1.84 bits per heavy atom. The number of urea groups is 1. The van der Waals surface area contributed by atoms with Crippen molar-refractivity contribution in [2.45, 2.75) is 51.6 Å². The Morgan fingerprint density at radius 1 is 1.24 bits per heavy atom. The van der Waals surface area contributed by atoms with Gasteiger partial charge in [-0.3, -0.25) is 14.5 Å². The predicted octanol–water partition coefficient (Wildman–Crippen LogP) is 2.29. The van der Waals surface area contributed by atoms with Crippen molar-refractivity contribution in [3.63, 3.8) is 0 Å². The minimum Gasteiger partial charge on any atom is -0.350 e. The average Bonchev–Trinajstić information content (AvgIpc) is 2.80. The van der Waals surface area contributed by atoms with Crippen molar-refractivity contribution in [3.8, 4) is 0 Å². The Hall–Kier alpha value is -2.44. The van der Waals surface area contributed by atoms with Crippen molar-refractivity contribution in [1.82, 2.24) is 15.5 Å². The van der Waals surface area contributed by atoms with Crippen LogP contribution in [0.3, 0.4) is 0 Å². The van der Waals surface area contributed by atoms with Crippen LogP contribution in [0.15, 0.2) is 24.3 Å². The van der Waals surface area contributed by atoms with Gasteiger partial charge in [0.1, 0.15) is 17.9 Å². The molecule has 0 aromatic heterocycles. The number of benzene rings is 1. The summed E-state index contributed by atoms with van der Waals surface area (Å²) in [5.41, 5.74) is -1.20. The second kappa shape index (κ2) is 6.82. The van der Waals surface area contributed by atoms with E-state index in [1.165, 1.54) is 24.3 Å². The van der Waals surface area contributed by atoms with E-state index in [0.29, 0.717) is 18.4 Å². The van der Waals surface area contributed by atoms with Gasteiger partial charge < -0.3 is 10.6 Å². The number of hydrogen-bond donors (Lipinski definition) is 2. The summed E-state index contributed by atoms with van der Waals surface area (Å²) in [6, 6.07) is 4.80. The number of halogens is 1. The summed E-state index contributed by atoms with van der Waals surface area (Å²) in [7, 11) is 0. The lowest BCUT2D eigenvalue weighted by molar-refractivity contribution is -0.135. The topological polar surface area (TPSA) is 78.5 Å². The number of nitrogens with zero attached hydrogens (tertiary/aromatic N) is 1. The molecule has 0 spiro atoms. The van der Waals surface area contributed by atoms with E-state index in [1.54, 1.807) is 6.92 Å². The fourth-order valence-electron chi connectivity index (χ4n) is 2.79. The lowest BCUT2D eigenvalue weighted by Crippen LogP contribution is -2.49. The molecule has 7 heteroatoms. The molecule has 0 bridgehead atoms. The van der Waals surface area contributed by atoms with Gasteiger partial charge in [-0.1, -0.05) is 26.0 Å². The molecule has 1 saturated heterocycles. The van der Waals surface area contributed by atoms with Gasteiger partial charge >= 0.3 is 6.03 Å². The van der Waals surface area contributed by atoms with E-state index in [0.717, 1.165) is 4.90 Å². The zero-order valence-electron chi connectivity index (χ0n) is 15.0. The number of carbonyl (C=O) groups excluding carboxylic acids is 3. The van der Waals surface area contributed by atoms with Crippen LogP contribution >= 0.6 is 0 Å². The van der Waals surface area contributed by atoms with Crippen LogP contribution in [0.1, 0.15) is 46.1 Å². The van der Waals surface area contributed by atoms with Gasteiger partial charge in [0.2, 0.25) is 5.91 Å². The molecule has 6 nitrogen and oxygen atoms in total. The van der Waals surface area contributed by atoms with Crippen molar-refractivity contribution >= 4 is 17.8 Å². The average molecular weight is 349 g/mol. The predicted molar refractivity (Wildman–Crippen MR) is 91.1 cm³/mol. The first-order valence-electron chi connectivity index (χ1n) is 8.36. The first-order chi connectivity index (χ1) is 11.6. The van der Waals surface area contributed by atoms with Gasteiger partial charge in [0.05, 0.1) is 0 Å². The number of imide groups is 1. The maximum absolute atomic E-state index is 13.2. The van der Waals surface area contributed by atoms with E-state index in [9.17, 15) is 18.8 Å². The number of amides is 4. The van der Waals surface area contributed by atoms with Gasteiger partial charge in [-0.15, -0.1) is 0 Å². The van der Waals surface area contributed by atoms with Crippen LogP contribution in [-0.4, -0.2) is 34.8 Å². The largest absolute Gasteiger partial charge is 0.350 e. The molecule has 25 heavy (non-hydrogen) atoms. The Labute approximate surface area is 146 Å². The summed E-state index contributed by atoms with van der Waals surface area (Å²) in [6.07, 6.45) is 1.01. The third-order valence-corrected chi connectivity index (χ3v) is 4.71. The second-order valence-corrected chi connectivity index (χ2v) is 6.87. The molecule has 136 valence electrons. The van der Waals surface area contributed by atoms with Gasteiger partial charge in [0.25, 0.3) is 5.91 Å². The fraction of sp³-hybridized carbons (Fsp3) is 0.500. The highest BCUT2D eigenvalue weighted by Crippen LogP contribution is 2.32. The highest BCUT2D eigenvalue weighted by molar-refractivity contribution is 6.09. The molecule has 1 heterocycles. The minimum atomic E-state index is -1.27. The van der Waals surface area contributed by atoms with Crippen molar-refractivity contribution in [1.29, 1.82) is 0 Å².